The van der Waals surface area contributed by atoms with Crippen molar-refractivity contribution in [3.8, 4) is 0 Å². The Morgan fingerprint density at radius 1 is 1.28 bits per heavy atom. The van der Waals surface area contributed by atoms with Crippen LogP contribution in [0.4, 0.5) is 0 Å². The standard InChI is InChI=1S/C15H19N3/c1-11-8-18(10-14(11)16)9-12-6-7-17-15-5-3-2-4-13(12)15/h2-7,11,14H,8-10,16H2,1H3. The van der Waals surface area contributed by atoms with Gasteiger partial charge in [0.15, 0.2) is 0 Å². The molecule has 2 atom stereocenters. The molecule has 0 saturated carbocycles. The van der Waals surface area contributed by atoms with E-state index in [4.69, 9.17) is 5.73 Å². The summed E-state index contributed by atoms with van der Waals surface area (Å²) in [6, 6.07) is 10.8. The predicted molar refractivity (Wildman–Crippen MR) is 74.2 cm³/mol. The average molecular weight is 241 g/mol. The van der Waals surface area contributed by atoms with E-state index in [-0.39, 0.29) is 0 Å². The first-order valence-corrected chi connectivity index (χ1v) is 6.54. The number of benzene rings is 1. The van der Waals surface area contributed by atoms with Crippen molar-refractivity contribution in [3.63, 3.8) is 0 Å². The molecule has 2 aromatic rings. The van der Waals surface area contributed by atoms with Crippen molar-refractivity contribution in [2.45, 2.75) is 19.5 Å². The average Bonchev–Trinajstić information content (AvgIpc) is 2.69. The van der Waals surface area contributed by atoms with Gasteiger partial charge in [-0.15, -0.1) is 0 Å². The second-order valence-electron chi connectivity index (χ2n) is 5.32. The first-order chi connectivity index (χ1) is 8.74. The highest BCUT2D eigenvalue weighted by Gasteiger charge is 2.26. The zero-order chi connectivity index (χ0) is 12.5. The molecule has 0 amide bonds. The molecular formula is C15H19N3. The highest BCUT2D eigenvalue weighted by Crippen LogP contribution is 2.21. The summed E-state index contributed by atoms with van der Waals surface area (Å²) in [6.45, 7) is 5.30. The minimum Gasteiger partial charge on any atom is -0.326 e. The van der Waals surface area contributed by atoms with Crippen LogP contribution in [0.1, 0.15) is 12.5 Å². The van der Waals surface area contributed by atoms with E-state index in [0.29, 0.717) is 12.0 Å². The summed E-state index contributed by atoms with van der Waals surface area (Å²) < 4.78 is 0. The smallest absolute Gasteiger partial charge is 0.0705 e. The molecule has 0 radical (unpaired) electrons. The number of nitrogens with two attached hydrogens (primary N) is 1. The number of hydrogen-bond acceptors (Lipinski definition) is 3. The molecule has 0 spiro atoms. The summed E-state index contributed by atoms with van der Waals surface area (Å²) in [5.41, 5.74) is 8.51. The molecule has 1 fully saturated rings. The van der Waals surface area contributed by atoms with Crippen LogP contribution in [0, 0.1) is 5.92 Å². The molecule has 2 N–H and O–H groups in total. The maximum absolute atomic E-state index is 6.08. The molecule has 18 heavy (non-hydrogen) atoms. The number of rotatable bonds is 2. The van der Waals surface area contributed by atoms with Crippen LogP contribution < -0.4 is 5.73 Å². The van der Waals surface area contributed by atoms with Crippen LogP contribution >= 0.6 is 0 Å². The van der Waals surface area contributed by atoms with Crippen LogP contribution in [0.2, 0.25) is 0 Å². The predicted octanol–water partition coefficient (Wildman–Crippen LogP) is 2.01. The van der Waals surface area contributed by atoms with Gasteiger partial charge in [-0.05, 0) is 23.6 Å². The van der Waals surface area contributed by atoms with E-state index < -0.39 is 0 Å². The Hall–Kier alpha value is -1.45. The van der Waals surface area contributed by atoms with Crippen LogP contribution in [0.5, 0.6) is 0 Å². The van der Waals surface area contributed by atoms with Gasteiger partial charge in [0.25, 0.3) is 0 Å². The van der Waals surface area contributed by atoms with Gasteiger partial charge in [0, 0.05) is 37.3 Å². The molecule has 1 aliphatic rings. The largest absolute Gasteiger partial charge is 0.326 e. The highest BCUT2D eigenvalue weighted by molar-refractivity contribution is 5.81. The molecule has 3 rings (SSSR count). The fourth-order valence-corrected chi connectivity index (χ4v) is 2.76. The maximum atomic E-state index is 6.08. The Kier molecular flexibility index (Phi) is 3.02. The third kappa shape index (κ3) is 2.11. The van der Waals surface area contributed by atoms with Crippen molar-refractivity contribution in [2.75, 3.05) is 13.1 Å². The third-order valence-electron chi connectivity index (χ3n) is 3.88. The van der Waals surface area contributed by atoms with Crippen molar-refractivity contribution in [1.82, 2.24) is 9.88 Å². The monoisotopic (exact) mass is 241 g/mol. The summed E-state index contributed by atoms with van der Waals surface area (Å²) >= 11 is 0. The number of likely N-dealkylation sites (tertiary alicyclic amines) is 1. The zero-order valence-corrected chi connectivity index (χ0v) is 10.7. The Morgan fingerprint density at radius 3 is 2.89 bits per heavy atom. The van der Waals surface area contributed by atoms with E-state index in [2.05, 4.69) is 41.1 Å². The molecule has 2 heterocycles. The lowest BCUT2D eigenvalue weighted by Crippen LogP contribution is -2.28. The highest BCUT2D eigenvalue weighted by atomic mass is 15.2. The molecule has 0 aliphatic carbocycles. The summed E-state index contributed by atoms with van der Waals surface area (Å²) in [5, 5.41) is 1.26. The van der Waals surface area contributed by atoms with Gasteiger partial charge in [0.05, 0.1) is 5.52 Å². The maximum Gasteiger partial charge on any atom is 0.0705 e. The van der Waals surface area contributed by atoms with Crippen LogP contribution in [0.25, 0.3) is 10.9 Å². The van der Waals surface area contributed by atoms with Gasteiger partial charge in [0.1, 0.15) is 0 Å². The lowest BCUT2D eigenvalue weighted by Gasteiger charge is -2.16. The fourth-order valence-electron chi connectivity index (χ4n) is 2.76. The quantitative estimate of drug-likeness (QED) is 0.874. The third-order valence-corrected chi connectivity index (χ3v) is 3.88. The minimum atomic E-state index is 0.318. The van der Waals surface area contributed by atoms with Crippen molar-refractivity contribution in [3.05, 3.63) is 42.1 Å². The number of nitrogens with zero attached hydrogens (tertiary/aromatic N) is 2. The topological polar surface area (TPSA) is 42.2 Å². The molecular weight excluding hydrogens is 222 g/mol. The van der Waals surface area contributed by atoms with Gasteiger partial charge in [0.2, 0.25) is 0 Å². The van der Waals surface area contributed by atoms with Gasteiger partial charge in [-0.1, -0.05) is 25.1 Å². The second kappa shape index (κ2) is 4.67. The summed E-state index contributed by atoms with van der Waals surface area (Å²) in [7, 11) is 0. The van der Waals surface area contributed by atoms with E-state index in [0.717, 1.165) is 25.2 Å². The molecule has 1 aliphatic heterocycles. The summed E-state index contributed by atoms with van der Waals surface area (Å²) in [5.74, 6) is 0.595. The lowest BCUT2D eigenvalue weighted by atomic mass is 10.1. The van der Waals surface area contributed by atoms with E-state index >= 15 is 0 Å². The first-order valence-electron chi connectivity index (χ1n) is 6.54. The Labute approximate surface area is 108 Å². The van der Waals surface area contributed by atoms with Crippen molar-refractivity contribution in [2.24, 2.45) is 11.7 Å². The number of hydrogen-bond donors (Lipinski definition) is 1. The number of para-hydroxylation sites is 1. The molecule has 3 heteroatoms. The molecule has 2 unspecified atom stereocenters. The van der Waals surface area contributed by atoms with Crippen LogP contribution in [-0.2, 0) is 6.54 Å². The van der Waals surface area contributed by atoms with E-state index in [9.17, 15) is 0 Å². The van der Waals surface area contributed by atoms with Crippen molar-refractivity contribution < 1.29 is 0 Å². The molecule has 1 saturated heterocycles. The minimum absolute atomic E-state index is 0.318. The van der Waals surface area contributed by atoms with E-state index in [1.54, 1.807) is 0 Å². The Balaban J connectivity index is 1.87. The normalized spacial score (nSPS) is 24.8. The molecule has 3 nitrogen and oxygen atoms in total. The van der Waals surface area contributed by atoms with Crippen LogP contribution in [0.15, 0.2) is 36.5 Å². The number of pyridine rings is 1. The van der Waals surface area contributed by atoms with Gasteiger partial charge < -0.3 is 5.73 Å². The van der Waals surface area contributed by atoms with Gasteiger partial charge in [-0.25, -0.2) is 0 Å². The second-order valence-corrected chi connectivity index (χ2v) is 5.32. The Morgan fingerprint density at radius 2 is 2.11 bits per heavy atom. The summed E-state index contributed by atoms with van der Waals surface area (Å²) in [6.07, 6.45) is 1.90. The van der Waals surface area contributed by atoms with Gasteiger partial charge >= 0.3 is 0 Å². The van der Waals surface area contributed by atoms with Crippen molar-refractivity contribution >= 4 is 10.9 Å². The first kappa shape index (κ1) is 11.6. The van der Waals surface area contributed by atoms with E-state index in [1.165, 1.54) is 10.9 Å². The summed E-state index contributed by atoms with van der Waals surface area (Å²) in [4.78, 5) is 6.84. The Bertz CT molecular complexity index is 537. The fraction of sp³-hybridized carbons (Fsp3) is 0.400. The van der Waals surface area contributed by atoms with Crippen molar-refractivity contribution in [1.29, 1.82) is 0 Å². The molecule has 1 aromatic heterocycles. The number of fused-ring (bicyclic) bond motifs is 1. The number of aromatic nitrogens is 1. The van der Waals surface area contributed by atoms with Gasteiger partial charge in [-0.2, -0.15) is 0 Å². The zero-order valence-electron chi connectivity index (χ0n) is 10.7. The van der Waals surface area contributed by atoms with Crippen LogP contribution in [0.3, 0.4) is 0 Å². The lowest BCUT2D eigenvalue weighted by molar-refractivity contribution is 0.320. The van der Waals surface area contributed by atoms with Crippen LogP contribution in [-0.4, -0.2) is 29.0 Å². The molecule has 1 aromatic carbocycles. The van der Waals surface area contributed by atoms with E-state index in [1.807, 2.05) is 12.3 Å². The van der Waals surface area contributed by atoms with Gasteiger partial charge in [-0.3, -0.25) is 9.88 Å². The molecule has 94 valence electrons. The molecule has 0 bridgehead atoms. The SMILES string of the molecule is CC1CN(Cc2ccnc3ccccc23)CC1N.